The third-order valence-electron chi connectivity index (χ3n) is 6.20. The Labute approximate surface area is 193 Å². The van der Waals surface area contributed by atoms with E-state index in [1.807, 2.05) is 43.5 Å². The van der Waals surface area contributed by atoms with E-state index in [2.05, 4.69) is 45.3 Å². The van der Waals surface area contributed by atoms with E-state index < -0.39 is 0 Å². The molecule has 2 aromatic carbocycles. The van der Waals surface area contributed by atoms with Crippen LogP contribution in [0.5, 0.6) is 0 Å². The second-order valence-corrected chi connectivity index (χ2v) is 9.28. The van der Waals surface area contributed by atoms with Crippen LogP contribution in [0.15, 0.2) is 52.5 Å². The van der Waals surface area contributed by atoms with Crippen LogP contribution in [-0.4, -0.2) is 50.7 Å². The number of likely N-dealkylation sites (N-methyl/N-ethyl adjacent to an activating group) is 1. The summed E-state index contributed by atoms with van der Waals surface area (Å²) in [5.74, 6) is 0.0432. The van der Waals surface area contributed by atoms with E-state index in [9.17, 15) is 4.79 Å². The van der Waals surface area contributed by atoms with E-state index in [4.69, 9.17) is 4.74 Å². The highest BCUT2D eigenvalue weighted by Crippen LogP contribution is 2.28. The number of carbonyl (C=O) groups is 1. The van der Waals surface area contributed by atoms with Crippen molar-refractivity contribution >= 4 is 39.3 Å². The topological polar surface area (TPSA) is 44.8 Å². The predicted octanol–water partition coefficient (Wildman–Crippen LogP) is 4.92. The second-order valence-electron chi connectivity index (χ2n) is 8.37. The first-order valence-corrected chi connectivity index (χ1v) is 11.7. The molecule has 1 saturated heterocycles. The molecule has 0 atom stereocenters. The lowest BCUT2D eigenvalue weighted by molar-refractivity contribution is -0.114. The van der Waals surface area contributed by atoms with E-state index in [1.54, 1.807) is 4.90 Å². The summed E-state index contributed by atoms with van der Waals surface area (Å²) >= 11 is 3.53. The Balaban J connectivity index is 1.44. The number of anilines is 2. The Morgan fingerprint density at radius 3 is 2.61 bits per heavy atom. The largest absolute Gasteiger partial charge is 0.384 e. The number of ether oxygens (including phenoxy) is 1. The molecule has 0 bridgehead atoms. The molecule has 31 heavy (non-hydrogen) atoms. The average molecular weight is 484 g/mol. The number of nitrogens with one attached hydrogen (secondary N) is 1. The molecule has 2 aromatic rings. The Morgan fingerprint density at radius 2 is 1.87 bits per heavy atom. The summed E-state index contributed by atoms with van der Waals surface area (Å²) in [5, 5.41) is 3.41. The van der Waals surface area contributed by atoms with Crippen molar-refractivity contribution in [1.82, 2.24) is 4.90 Å². The van der Waals surface area contributed by atoms with E-state index in [1.165, 1.54) is 5.56 Å². The van der Waals surface area contributed by atoms with Crippen LogP contribution in [0.4, 0.5) is 11.4 Å². The molecule has 2 aliphatic heterocycles. The number of hydrogen-bond donors (Lipinski definition) is 1. The summed E-state index contributed by atoms with van der Waals surface area (Å²) in [4.78, 5) is 17.4. The van der Waals surface area contributed by atoms with Gasteiger partial charge < -0.3 is 15.0 Å². The standard InChI is InChI=1S/C25H30BrN3O2/c1-28(22-10-13-31-14-11-22)17-18-3-6-23(7-4-18)29(2)25(30)19-9-12-27-24-8-5-21(26)16-20(24)15-19/h3-8,15-16,22,27H,9-14,17H2,1-2H3. The molecule has 1 fully saturated rings. The van der Waals surface area contributed by atoms with Gasteiger partial charge in [0.2, 0.25) is 0 Å². The summed E-state index contributed by atoms with van der Waals surface area (Å²) in [5.41, 5.74) is 5.09. The molecule has 0 spiro atoms. The molecule has 1 N–H and O–H groups in total. The van der Waals surface area contributed by atoms with Crippen molar-refractivity contribution in [3.8, 4) is 0 Å². The van der Waals surface area contributed by atoms with Crippen LogP contribution in [0.3, 0.4) is 0 Å². The number of nitrogens with zero attached hydrogens (tertiary/aromatic N) is 2. The van der Waals surface area contributed by atoms with Crippen LogP contribution in [-0.2, 0) is 16.1 Å². The van der Waals surface area contributed by atoms with Crippen molar-refractivity contribution in [3.63, 3.8) is 0 Å². The fourth-order valence-electron chi connectivity index (χ4n) is 4.28. The van der Waals surface area contributed by atoms with Crippen LogP contribution >= 0.6 is 15.9 Å². The molecule has 2 heterocycles. The third-order valence-corrected chi connectivity index (χ3v) is 6.70. The number of fused-ring (bicyclic) bond motifs is 1. The van der Waals surface area contributed by atoms with Gasteiger partial charge in [-0.05, 0) is 73.8 Å². The SMILES string of the molecule is CN(C(=O)C1=Cc2cc(Br)ccc2NCC1)c1ccc(CN(C)C2CCOCC2)cc1. The molecule has 0 saturated carbocycles. The maximum Gasteiger partial charge on any atom is 0.254 e. The first-order chi connectivity index (χ1) is 15.0. The normalized spacial score (nSPS) is 16.8. The van der Waals surface area contributed by atoms with Gasteiger partial charge in [0.15, 0.2) is 0 Å². The molecule has 0 aromatic heterocycles. The number of halogens is 1. The number of hydrogen-bond acceptors (Lipinski definition) is 4. The highest BCUT2D eigenvalue weighted by atomic mass is 79.9. The van der Waals surface area contributed by atoms with Crippen LogP contribution < -0.4 is 10.2 Å². The maximum atomic E-state index is 13.2. The smallest absolute Gasteiger partial charge is 0.254 e. The van der Waals surface area contributed by atoms with Crippen molar-refractivity contribution in [2.24, 2.45) is 0 Å². The highest BCUT2D eigenvalue weighted by molar-refractivity contribution is 9.10. The van der Waals surface area contributed by atoms with E-state index >= 15 is 0 Å². The lowest BCUT2D eigenvalue weighted by Gasteiger charge is -2.31. The fraction of sp³-hybridized carbons (Fsp3) is 0.400. The first-order valence-electron chi connectivity index (χ1n) is 10.9. The van der Waals surface area contributed by atoms with Gasteiger partial charge in [-0.2, -0.15) is 0 Å². The average Bonchev–Trinajstić information content (AvgIpc) is 3.01. The molecular formula is C25H30BrN3O2. The van der Waals surface area contributed by atoms with Crippen LogP contribution in [0.25, 0.3) is 6.08 Å². The second kappa shape index (κ2) is 9.98. The lowest BCUT2D eigenvalue weighted by Crippen LogP contribution is -2.36. The predicted molar refractivity (Wildman–Crippen MR) is 130 cm³/mol. The molecular weight excluding hydrogens is 454 g/mol. The van der Waals surface area contributed by atoms with Gasteiger partial charge in [-0.25, -0.2) is 0 Å². The van der Waals surface area contributed by atoms with Crippen molar-refractivity contribution in [1.29, 1.82) is 0 Å². The number of benzene rings is 2. The minimum Gasteiger partial charge on any atom is -0.384 e. The highest BCUT2D eigenvalue weighted by Gasteiger charge is 2.20. The number of amides is 1. The molecule has 164 valence electrons. The Bertz CT molecular complexity index is 952. The van der Waals surface area contributed by atoms with Gasteiger partial charge in [0.1, 0.15) is 0 Å². The molecule has 1 amide bonds. The Hall–Kier alpha value is -2.15. The van der Waals surface area contributed by atoms with Crippen LogP contribution in [0.2, 0.25) is 0 Å². The summed E-state index contributed by atoms with van der Waals surface area (Å²) < 4.78 is 6.48. The quantitative estimate of drug-likeness (QED) is 0.655. The summed E-state index contributed by atoms with van der Waals surface area (Å²) in [6.07, 6.45) is 4.89. The lowest BCUT2D eigenvalue weighted by atomic mass is 10.1. The number of carbonyl (C=O) groups excluding carboxylic acids is 1. The van der Waals surface area contributed by atoms with E-state index in [0.29, 0.717) is 12.5 Å². The summed E-state index contributed by atoms with van der Waals surface area (Å²) in [6, 6.07) is 15.0. The van der Waals surface area contributed by atoms with Crippen molar-refractivity contribution in [2.75, 3.05) is 44.1 Å². The molecule has 5 nitrogen and oxygen atoms in total. The zero-order chi connectivity index (χ0) is 21.8. The van der Waals surface area contributed by atoms with Gasteiger partial charge in [0.05, 0.1) is 0 Å². The van der Waals surface area contributed by atoms with E-state index in [0.717, 1.165) is 66.1 Å². The van der Waals surface area contributed by atoms with Gasteiger partial charge in [-0.1, -0.05) is 28.1 Å². The molecule has 0 unspecified atom stereocenters. The van der Waals surface area contributed by atoms with Crippen molar-refractivity contribution < 1.29 is 9.53 Å². The van der Waals surface area contributed by atoms with Gasteiger partial charge in [-0.15, -0.1) is 0 Å². The molecule has 6 heteroatoms. The molecule has 4 rings (SSSR count). The molecule has 0 aliphatic carbocycles. The minimum absolute atomic E-state index is 0.0432. The van der Waals surface area contributed by atoms with Gasteiger partial charge in [0, 0.05) is 60.8 Å². The molecule has 2 aliphatic rings. The minimum atomic E-state index is 0.0432. The summed E-state index contributed by atoms with van der Waals surface area (Å²) in [7, 11) is 4.04. The Morgan fingerprint density at radius 1 is 1.13 bits per heavy atom. The monoisotopic (exact) mass is 483 g/mol. The Kier molecular flexibility index (Phi) is 7.10. The van der Waals surface area contributed by atoms with Crippen LogP contribution in [0.1, 0.15) is 30.4 Å². The van der Waals surface area contributed by atoms with Gasteiger partial charge in [0.25, 0.3) is 5.91 Å². The summed E-state index contributed by atoms with van der Waals surface area (Å²) in [6.45, 7) is 3.36. The number of rotatable bonds is 5. The fourth-order valence-corrected chi connectivity index (χ4v) is 4.65. The van der Waals surface area contributed by atoms with Gasteiger partial charge >= 0.3 is 0 Å². The van der Waals surface area contributed by atoms with E-state index in [-0.39, 0.29) is 5.91 Å². The molecule has 0 radical (unpaired) electrons. The van der Waals surface area contributed by atoms with Crippen molar-refractivity contribution in [3.05, 3.63) is 63.6 Å². The third kappa shape index (κ3) is 5.37. The van der Waals surface area contributed by atoms with Crippen LogP contribution in [0, 0.1) is 0 Å². The maximum absolute atomic E-state index is 13.2. The zero-order valence-electron chi connectivity index (χ0n) is 18.2. The first kappa shape index (κ1) is 22.1. The van der Waals surface area contributed by atoms with Gasteiger partial charge in [-0.3, -0.25) is 9.69 Å². The van der Waals surface area contributed by atoms with Crippen molar-refractivity contribution in [2.45, 2.75) is 31.8 Å². The zero-order valence-corrected chi connectivity index (χ0v) is 19.8.